The molecule has 0 aliphatic carbocycles. The second-order valence-electron chi connectivity index (χ2n) is 6.33. The van der Waals surface area contributed by atoms with Crippen LogP contribution in [0.2, 0.25) is 5.02 Å². The van der Waals surface area contributed by atoms with Crippen LogP contribution < -0.4 is 0 Å². The second kappa shape index (κ2) is 7.05. The number of carboxylic acids is 1. The van der Waals surface area contributed by atoms with E-state index >= 15 is 0 Å². The molecule has 144 valence electrons. The number of aromatic carboxylic acids is 1. The molecule has 7 nitrogen and oxygen atoms in total. The lowest BCUT2D eigenvalue weighted by atomic mass is 10.1. The van der Waals surface area contributed by atoms with Crippen LogP contribution in [0.25, 0.3) is 11.3 Å². The third kappa shape index (κ3) is 2.99. The smallest absolute Gasteiger partial charge is 0.339 e. The third-order valence-corrected chi connectivity index (χ3v) is 6.99. The van der Waals surface area contributed by atoms with Crippen molar-refractivity contribution in [2.75, 3.05) is 6.54 Å². The summed E-state index contributed by atoms with van der Waals surface area (Å²) in [5, 5.41) is 9.84. The van der Waals surface area contributed by atoms with E-state index in [4.69, 9.17) is 11.6 Å². The summed E-state index contributed by atoms with van der Waals surface area (Å²) >= 11 is 6.45. The Balaban J connectivity index is 1.82. The van der Waals surface area contributed by atoms with Crippen molar-refractivity contribution in [1.82, 2.24) is 13.9 Å². The van der Waals surface area contributed by atoms with Gasteiger partial charge in [0.25, 0.3) is 0 Å². The first-order chi connectivity index (χ1) is 13.4. The first-order valence-electron chi connectivity index (χ1n) is 8.51. The van der Waals surface area contributed by atoms with Gasteiger partial charge in [0, 0.05) is 31.2 Å². The molecule has 1 N–H and O–H groups in total. The number of hydrogen-bond acceptors (Lipinski definition) is 4. The predicted octanol–water partition coefficient (Wildman–Crippen LogP) is 3.11. The molecule has 0 saturated heterocycles. The van der Waals surface area contributed by atoms with Crippen LogP contribution in [-0.2, 0) is 23.1 Å². The van der Waals surface area contributed by atoms with Crippen molar-refractivity contribution in [1.29, 1.82) is 0 Å². The molecule has 0 unspecified atom stereocenters. The number of benzene rings is 1. The fourth-order valence-electron chi connectivity index (χ4n) is 3.46. The molecule has 0 atom stereocenters. The first kappa shape index (κ1) is 18.7. The molecule has 0 amide bonds. The zero-order valence-electron chi connectivity index (χ0n) is 14.6. The van der Waals surface area contributed by atoms with Crippen LogP contribution in [0.5, 0.6) is 0 Å². The molecular formula is C19H16ClN3O4S. The molecule has 0 saturated carbocycles. The monoisotopic (exact) mass is 417 g/mol. The second-order valence-corrected chi connectivity index (χ2v) is 8.64. The van der Waals surface area contributed by atoms with Crippen LogP contribution in [0.4, 0.5) is 0 Å². The van der Waals surface area contributed by atoms with Gasteiger partial charge in [0.15, 0.2) is 0 Å². The molecule has 28 heavy (non-hydrogen) atoms. The topological polar surface area (TPSA) is 92.5 Å². The van der Waals surface area contributed by atoms with Gasteiger partial charge in [0.1, 0.15) is 5.56 Å². The number of carbonyl (C=O) groups is 1. The summed E-state index contributed by atoms with van der Waals surface area (Å²) in [6.07, 6.45) is 2.82. The molecule has 4 rings (SSSR count). The molecule has 3 aromatic rings. The van der Waals surface area contributed by atoms with E-state index in [1.807, 2.05) is 30.3 Å². The third-order valence-electron chi connectivity index (χ3n) is 4.76. The van der Waals surface area contributed by atoms with E-state index < -0.39 is 16.0 Å². The van der Waals surface area contributed by atoms with Gasteiger partial charge in [0.2, 0.25) is 10.0 Å². The minimum Gasteiger partial charge on any atom is -0.478 e. The predicted molar refractivity (Wildman–Crippen MR) is 104 cm³/mol. The average Bonchev–Trinajstić information content (AvgIpc) is 3.00. The number of carboxylic acid groups (broad SMARTS) is 1. The van der Waals surface area contributed by atoms with Crippen molar-refractivity contribution in [3.05, 3.63) is 71.1 Å². The van der Waals surface area contributed by atoms with E-state index in [0.29, 0.717) is 17.9 Å². The lowest BCUT2D eigenvalue weighted by Gasteiger charge is -2.29. The van der Waals surface area contributed by atoms with Crippen molar-refractivity contribution in [3.8, 4) is 11.3 Å². The molecule has 0 spiro atoms. The summed E-state index contributed by atoms with van der Waals surface area (Å²) < 4.78 is 29.0. The maximum Gasteiger partial charge on any atom is 0.339 e. The summed E-state index contributed by atoms with van der Waals surface area (Å²) in [7, 11) is -3.77. The van der Waals surface area contributed by atoms with Gasteiger partial charge in [-0.05, 0) is 17.7 Å². The highest BCUT2D eigenvalue weighted by molar-refractivity contribution is 7.89. The van der Waals surface area contributed by atoms with Gasteiger partial charge in [-0.15, -0.1) is 0 Å². The van der Waals surface area contributed by atoms with E-state index in [9.17, 15) is 18.3 Å². The molecule has 1 aromatic carbocycles. The zero-order valence-corrected chi connectivity index (χ0v) is 16.2. The zero-order chi connectivity index (χ0) is 19.9. The van der Waals surface area contributed by atoms with Crippen LogP contribution in [-0.4, -0.2) is 39.9 Å². The fraction of sp³-hybridized carbons (Fsp3) is 0.158. The Morgan fingerprint density at radius 1 is 1.07 bits per heavy atom. The summed E-state index contributed by atoms with van der Waals surface area (Å²) in [5.74, 6) is -1.18. The van der Waals surface area contributed by atoms with Crippen LogP contribution in [0.1, 0.15) is 16.1 Å². The van der Waals surface area contributed by atoms with Crippen molar-refractivity contribution >= 4 is 27.6 Å². The molecular weight excluding hydrogens is 402 g/mol. The molecule has 1 aliphatic heterocycles. The van der Waals surface area contributed by atoms with Gasteiger partial charge in [-0.2, -0.15) is 4.31 Å². The Bertz CT molecular complexity index is 1140. The van der Waals surface area contributed by atoms with Crippen molar-refractivity contribution in [3.63, 3.8) is 0 Å². The molecule has 0 fully saturated rings. The summed E-state index contributed by atoms with van der Waals surface area (Å²) in [6.45, 7) is 0.442. The highest BCUT2D eigenvalue weighted by atomic mass is 35.5. The molecule has 9 heteroatoms. The summed E-state index contributed by atoms with van der Waals surface area (Å²) in [6, 6.07) is 12.1. The summed E-state index contributed by atoms with van der Waals surface area (Å²) in [5.41, 5.74) is 1.69. The molecule has 2 aromatic heterocycles. The quantitative estimate of drug-likeness (QED) is 0.704. The number of sulfonamides is 1. The van der Waals surface area contributed by atoms with E-state index in [1.54, 1.807) is 4.57 Å². The number of aromatic nitrogens is 2. The normalized spacial score (nSPS) is 14.6. The number of nitrogens with zero attached hydrogens (tertiary/aromatic N) is 3. The minimum atomic E-state index is -3.77. The fourth-order valence-corrected chi connectivity index (χ4v) is 5.24. The Morgan fingerprint density at radius 3 is 2.39 bits per heavy atom. The maximum atomic E-state index is 12.9. The van der Waals surface area contributed by atoms with Gasteiger partial charge in [-0.1, -0.05) is 41.9 Å². The number of hydrogen-bond donors (Lipinski definition) is 1. The Hall–Kier alpha value is -2.68. The highest BCUT2D eigenvalue weighted by Crippen LogP contribution is 2.38. The molecule has 0 bridgehead atoms. The van der Waals surface area contributed by atoms with Gasteiger partial charge < -0.3 is 9.67 Å². The van der Waals surface area contributed by atoms with Crippen molar-refractivity contribution in [2.45, 2.75) is 18.0 Å². The van der Waals surface area contributed by atoms with Gasteiger partial charge in [-0.25, -0.2) is 13.2 Å². The van der Waals surface area contributed by atoms with Crippen LogP contribution >= 0.6 is 11.6 Å². The summed E-state index contributed by atoms with van der Waals surface area (Å²) in [4.78, 5) is 15.9. The van der Waals surface area contributed by atoms with Gasteiger partial charge >= 0.3 is 5.97 Å². The van der Waals surface area contributed by atoms with Gasteiger partial charge in [0.05, 0.1) is 22.2 Å². The van der Waals surface area contributed by atoms with Crippen LogP contribution in [0, 0.1) is 0 Å². The average molecular weight is 418 g/mol. The SMILES string of the molecule is O=C(O)c1c(Cl)c(-c2ccccc2)n2c1CN(S(=O)(=O)c1ccncc1)CC2. The van der Waals surface area contributed by atoms with E-state index in [2.05, 4.69) is 4.98 Å². The largest absolute Gasteiger partial charge is 0.478 e. The number of fused-ring (bicyclic) bond motifs is 1. The van der Waals surface area contributed by atoms with E-state index in [-0.39, 0.29) is 28.6 Å². The standard InChI is InChI=1S/C19H16ClN3O4S/c20-17-16(19(24)25)15-12-22(28(26,27)14-6-8-21-9-7-14)10-11-23(15)18(17)13-4-2-1-3-5-13/h1-9H,10-12H2,(H,24,25). The Morgan fingerprint density at radius 2 is 1.75 bits per heavy atom. The molecule has 1 aliphatic rings. The number of rotatable bonds is 4. The molecule has 3 heterocycles. The number of pyridine rings is 1. The minimum absolute atomic E-state index is 0.0600. The lowest BCUT2D eigenvalue weighted by molar-refractivity contribution is 0.0694. The Labute approximate surface area is 166 Å². The first-order valence-corrected chi connectivity index (χ1v) is 10.3. The molecule has 0 radical (unpaired) electrons. The van der Waals surface area contributed by atoms with Crippen LogP contribution in [0.3, 0.4) is 0 Å². The highest BCUT2D eigenvalue weighted by Gasteiger charge is 2.35. The van der Waals surface area contributed by atoms with E-state index in [0.717, 1.165) is 5.56 Å². The van der Waals surface area contributed by atoms with Crippen molar-refractivity contribution in [2.24, 2.45) is 0 Å². The number of halogens is 1. The Kier molecular flexibility index (Phi) is 4.70. The maximum absolute atomic E-state index is 12.9. The van der Waals surface area contributed by atoms with Crippen LogP contribution in [0.15, 0.2) is 59.8 Å². The lowest BCUT2D eigenvalue weighted by Crippen LogP contribution is -2.38. The van der Waals surface area contributed by atoms with E-state index in [1.165, 1.54) is 28.8 Å². The van der Waals surface area contributed by atoms with Crippen molar-refractivity contribution < 1.29 is 18.3 Å². The van der Waals surface area contributed by atoms with Gasteiger partial charge in [-0.3, -0.25) is 4.98 Å².